The molecule has 11 heavy (non-hydrogen) atoms. The van der Waals surface area contributed by atoms with Crippen molar-refractivity contribution >= 4 is 11.6 Å². The van der Waals surface area contributed by atoms with Gasteiger partial charge in [0.15, 0.2) is 0 Å². The normalized spacial score (nSPS) is 11.6. The van der Waals surface area contributed by atoms with Crippen LogP contribution >= 0.6 is 0 Å². The first-order chi connectivity index (χ1) is 5.00. The van der Waals surface area contributed by atoms with E-state index in [4.69, 9.17) is 0 Å². The van der Waals surface area contributed by atoms with E-state index in [-0.39, 0.29) is 5.82 Å². The summed E-state index contributed by atoms with van der Waals surface area (Å²) in [4.78, 5) is 0. The Kier molecular flexibility index (Phi) is 2.03. The molecule has 0 bridgehead atoms. The van der Waals surface area contributed by atoms with Crippen LogP contribution in [-0.4, -0.2) is 6.15 Å². The first-order valence-electron chi connectivity index (χ1n) is 4.03. The van der Waals surface area contributed by atoms with Gasteiger partial charge in [0.2, 0.25) is 0 Å². The average Bonchev–Trinajstić information content (AvgIpc) is 1.86. The molecule has 0 fully saturated rings. The molecule has 0 atom stereocenters. The van der Waals surface area contributed by atoms with E-state index in [1.165, 1.54) is 17.6 Å². The molecule has 0 saturated heterocycles. The van der Waals surface area contributed by atoms with Gasteiger partial charge in [-0.3, -0.25) is 0 Å². The highest BCUT2D eigenvalue weighted by Gasteiger charge is 2.06. The molecule has 0 nitrogen and oxygen atoms in total. The molecule has 0 saturated carbocycles. The number of rotatable bonds is 1. The van der Waals surface area contributed by atoms with E-state index in [0.717, 1.165) is 0 Å². The SMILES string of the molecule is C[B-](C)(C)c1ccc(F)cc1. The topological polar surface area (TPSA) is 0 Å². The number of hydrogen-bond acceptors (Lipinski definition) is 0. The Labute approximate surface area is 67.4 Å². The van der Waals surface area contributed by atoms with Gasteiger partial charge in [-0.1, -0.05) is 12.1 Å². The Morgan fingerprint density at radius 2 is 1.45 bits per heavy atom. The Morgan fingerprint density at radius 1 is 1.00 bits per heavy atom. The molecule has 0 amide bonds. The van der Waals surface area contributed by atoms with Crippen molar-refractivity contribution in [2.24, 2.45) is 0 Å². The summed E-state index contributed by atoms with van der Waals surface area (Å²) in [6.07, 6.45) is -0.485. The van der Waals surface area contributed by atoms with Crippen LogP contribution in [0.25, 0.3) is 0 Å². The van der Waals surface area contributed by atoms with Crippen LogP contribution in [0.3, 0.4) is 0 Å². The Morgan fingerprint density at radius 3 is 1.82 bits per heavy atom. The molecular formula is C9H13BF-. The van der Waals surface area contributed by atoms with E-state index in [1.54, 1.807) is 0 Å². The fraction of sp³-hybridized carbons (Fsp3) is 0.333. The van der Waals surface area contributed by atoms with Crippen LogP contribution in [0.4, 0.5) is 4.39 Å². The first kappa shape index (κ1) is 8.31. The zero-order valence-corrected chi connectivity index (χ0v) is 7.26. The minimum atomic E-state index is -0.485. The molecule has 0 aliphatic carbocycles. The number of halogens is 1. The summed E-state index contributed by atoms with van der Waals surface area (Å²) in [5, 5.41) is 0. The summed E-state index contributed by atoms with van der Waals surface area (Å²) in [5.74, 6) is -0.159. The van der Waals surface area contributed by atoms with Crippen LogP contribution in [0, 0.1) is 5.82 Å². The molecule has 0 spiro atoms. The largest absolute Gasteiger partial charge is 0.210 e. The smallest absolute Gasteiger partial charge is 0.122 e. The van der Waals surface area contributed by atoms with Gasteiger partial charge < -0.3 is 0 Å². The maximum atomic E-state index is 12.5. The minimum absolute atomic E-state index is 0.159. The molecule has 60 valence electrons. The van der Waals surface area contributed by atoms with E-state index < -0.39 is 6.15 Å². The molecule has 0 aliphatic heterocycles. The van der Waals surface area contributed by atoms with Crippen LogP contribution in [0.15, 0.2) is 24.3 Å². The summed E-state index contributed by atoms with van der Waals surface area (Å²) in [6, 6.07) is 6.75. The second kappa shape index (κ2) is 2.69. The Balaban J connectivity index is 2.99. The molecule has 0 N–H and O–H groups in total. The highest BCUT2D eigenvalue weighted by atomic mass is 19.1. The summed E-state index contributed by atoms with van der Waals surface area (Å²) in [6.45, 7) is 6.52. The van der Waals surface area contributed by atoms with Gasteiger partial charge in [0.05, 0.1) is 0 Å². The van der Waals surface area contributed by atoms with Crippen LogP contribution in [-0.2, 0) is 0 Å². The summed E-state index contributed by atoms with van der Waals surface area (Å²) in [7, 11) is 0. The average molecular weight is 151 g/mol. The van der Waals surface area contributed by atoms with Crippen molar-refractivity contribution in [1.82, 2.24) is 0 Å². The van der Waals surface area contributed by atoms with Crippen molar-refractivity contribution in [2.75, 3.05) is 0 Å². The Bertz CT molecular complexity index is 233. The minimum Gasteiger partial charge on any atom is -0.210 e. The number of hydrogen-bond donors (Lipinski definition) is 0. The molecule has 2 heteroatoms. The van der Waals surface area contributed by atoms with Crippen molar-refractivity contribution < 1.29 is 4.39 Å². The van der Waals surface area contributed by atoms with Gasteiger partial charge in [-0.15, -0.1) is 0 Å². The van der Waals surface area contributed by atoms with Crippen LogP contribution in [0.2, 0.25) is 20.5 Å². The van der Waals surface area contributed by atoms with E-state index in [2.05, 4.69) is 20.5 Å². The van der Waals surface area contributed by atoms with Crippen LogP contribution in [0.5, 0.6) is 0 Å². The fourth-order valence-corrected chi connectivity index (χ4v) is 1.04. The molecule has 0 unspecified atom stereocenters. The zero-order chi connectivity index (χ0) is 8.48. The second-order valence-electron chi connectivity index (χ2n) is 4.15. The molecule has 1 aromatic rings. The molecule has 1 aromatic carbocycles. The van der Waals surface area contributed by atoms with Crippen molar-refractivity contribution in [3.63, 3.8) is 0 Å². The fourth-order valence-electron chi connectivity index (χ4n) is 1.04. The van der Waals surface area contributed by atoms with Gasteiger partial charge in [-0.25, -0.2) is 9.85 Å². The van der Waals surface area contributed by atoms with Gasteiger partial charge in [0.1, 0.15) is 5.82 Å². The quantitative estimate of drug-likeness (QED) is 0.540. The van der Waals surface area contributed by atoms with Crippen LogP contribution < -0.4 is 5.46 Å². The number of benzene rings is 1. The van der Waals surface area contributed by atoms with Crippen molar-refractivity contribution in [1.29, 1.82) is 0 Å². The zero-order valence-electron chi connectivity index (χ0n) is 7.26. The monoisotopic (exact) mass is 151 g/mol. The van der Waals surface area contributed by atoms with E-state index in [1.807, 2.05) is 12.1 Å². The van der Waals surface area contributed by atoms with E-state index in [9.17, 15) is 4.39 Å². The van der Waals surface area contributed by atoms with Gasteiger partial charge in [0.25, 0.3) is 0 Å². The lowest BCUT2D eigenvalue weighted by Gasteiger charge is -2.24. The lowest BCUT2D eigenvalue weighted by Crippen LogP contribution is -2.37. The third kappa shape index (κ3) is 2.07. The molecule has 0 aromatic heterocycles. The van der Waals surface area contributed by atoms with Crippen molar-refractivity contribution in [2.45, 2.75) is 20.5 Å². The standard InChI is InChI=1S/C9H13BF/c1-10(2,3)8-4-6-9(11)7-5-8/h4-7H,1-3H3/q-1. The third-order valence-corrected chi connectivity index (χ3v) is 1.87. The molecular weight excluding hydrogens is 138 g/mol. The predicted molar refractivity (Wildman–Crippen MR) is 49.4 cm³/mol. The lowest BCUT2D eigenvalue weighted by atomic mass is 9.27. The van der Waals surface area contributed by atoms with Gasteiger partial charge in [0, 0.05) is 6.15 Å². The summed E-state index contributed by atoms with van der Waals surface area (Å²) in [5.41, 5.74) is 1.23. The third-order valence-electron chi connectivity index (χ3n) is 1.87. The lowest BCUT2D eigenvalue weighted by molar-refractivity contribution is 0.628. The molecule has 1 rings (SSSR count). The maximum absolute atomic E-state index is 12.5. The van der Waals surface area contributed by atoms with Gasteiger partial charge in [-0.2, -0.15) is 20.5 Å². The predicted octanol–water partition coefficient (Wildman–Crippen LogP) is 2.37. The molecule has 0 radical (unpaired) electrons. The molecule has 0 heterocycles. The second-order valence-corrected chi connectivity index (χ2v) is 4.15. The van der Waals surface area contributed by atoms with Crippen molar-refractivity contribution in [3.05, 3.63) is 30.1 Å². The highest BCUT2D eigenvalue weighted by molar-refractivity contribution is 6.88. The van der Waals surface area contributed by atoms with E-state index >= 15 is 0 Å². The first-order valence-corrected chi connectivity index (χ1v) is 4.03. The maximum Gasteiger partial charge on any atom is 0.122 e. The van der Waals surface area contributed by atoms with Crippen molar-refractivity contribution in [3.8, 4) is 0 Å². The highest BCUT2D eigenvalue weighted by Crippen LogP contribution is 2.02. The van der Waals surface area contributed by atoms with Crippen LogP contribution in [0.1, 0.15) is 0 Å². The summed E-state index contributed by atoms with van der Waals surface area (Å²) < 4.78 is 12.5. The molecule has 0 aliphatic rings. The van der Waals surface area contributed by atoms with Gasteiger partial charge in [-0.05, 0) is 12.1 Å². The van der Waals surface area contributed by atoms with E-state index in [0.29, 0.717) is 0 Å². The summed E-state index contributed by atoms with van der Waals surface area (Å²) >= 11 is 0. The Hall–Kier alpha value is -0.785. The van der Waals surface area contributed by atoms with Gasteiger partial charge >= 0.3 is 0 Å².